The molecule has 1 atom stereocenters. The van der Waals surface area contributed by atoms with Crippen molar-refractivity contribution in [1.82, 2.24) is 14.1 Å². The molecule has 0 saturated carbocycles. The van der Waals surface area contributed by atoms with Gasteiger partial charge in [-0.15, -0.1) is 4.37 Å². The molecule has 2 N–H and O–H groups in total. The molecular formula is C14H17N3O2S. The molecule has 0 spiro atoms. The number of rotatable bonds is 6. The van der Waals surface area contributed by atoms with Gasteiger partial charge in [0.05, 0.1) is 11.7 Å². The molecule has 106 valence electrons. The molecule has 2 aromatic rings. The van der Waals surface area contributed by atoms with Crippen LogP contribution in [0.1, 0.15) is 11.1 Å². The highest BCUT2D eigenvalue weighted by Crippen LogP contribution is 2.21. The van der Waals surface area contributed by atoms with Crippen LogP contribution in [0.2, 0.25) is 0 Å². The van der Waals surface area contributed by atoms with E-state index >= 15 is 0 Å². The predicted octanol–water partition coefficient (Wildman–Crippen LogP) is 1.03. The molecule has 1 heterocycles. The zero-order chi connectivity index (χ0) is 13.8. The van der Waals surface area contributed by atoms with Crippen LogP contribution < -0.4 is 10.1 Å². The van der Waals surface area contributed by atoms with Gasteiger partial charge in [0.25, 0.3) is 0 Å². The van der Waals surface area contributed by atoms with Crippen molar-refractivity contribution in [3.05, 3.63) is 41.6 Å². The standard InChI is InChI=1S/C14H17N3O2S/c18-13(9-19-14-8-16-20-17-14)7-15-12-5-10-3-1-2-4-11(10)6-12/h1-4,8,12-13,15,18H,5-7,9H2. The van der Waals surface area contributed by atoms with Crippen molar-refractivity contribution < 1.29 is 9.84 Å². The zero-order valence-corrected chi connectivity index (χ0v) is 11.8. The van der Waals surface area contributed by atoms with E-state index in [4.69, 9.17) is 4.74 Å². The highest BCUT2D eigenvalue weighted by atomic mass is 32.1. The van der Waals surface area contributed by atoms with Crippen LogP contribution in [0.4, 0.5) is 0 Å². The largest absolute Gasteiger partial charge is 0.473 e. The molecule has 1 aromatic heterocycles. The van der Waals surface area contributed by atoms with E-state index in [-0.39, 0.29) is 6.61 Å². The molecule has 20 heavy (non-hydrogen) atoms. The first-order chi connectivity index (χ1) is 9.81. The molecule has 0 bridgehead atoms. The fourth-order valence-electron chi connectivity index (χ4n) is 2.47. The second-order valence-corrected chi connectivity index (χ2v) is 5.55. The summed E-state index contributed by atoms with van der Waals surface area (Å²) in [5, 5.41) is 13.3. The van der Waals surface area contributed by atoms with Gasteiger partial charge in [-0.1, -0.05) is 24.3 Å². The van der Waals surface area contributed by atoms with Crippen LogP contribution in [0.25, 0.3) is 0 Å². The van der Waals surface area contributed by atoms with Gasteiger partial charge in [-0.2, -0.15) is 4.37 Å². The number of ether oxygens (including phenoxy) is 1. The summed E-state index contributed by atoms with van der Waals surface area (Å²) in [6, 6.07) is 8.90. The van der Waals surface area contributed by atoms with Gasteiger partial charge in [-0.05, 0) is 24.0 Å². The molecule has 6 heteroatoms. The summed E-state index contributed by atoms with van der Waals surface area (Å²) in [5.41, 5.74) is 2.81. The molecule has 5 nitrogen and oxygen atoms in total. The predicted molar refractivity (Wildman–Crippen MR) is 77.1 cm³/mol. The maximum atomic E-state index is 9.89. The second kappa shape index (κ2) is 6.30. The third-order valence-corrected chi connectivity index (χ3v) is 3.92. The summed E-state index contributed by atoms with van der Waals surface area (Å²) in [7, 11) is 0. The Morgan fingerprint density at radius 1 is 1.35 bits per heavy atom. The Balaban J connectivity index is 1.40. The van der Waals surface area contributed by atoms with Gasteiger partial charge in [-0.25, -0.2) is 0 Å². The summed E-state index contributed by atoms with van der Waals surface area (Å²) in [6.07, 6.45) is 3.07. The third kappa shape index (κ3) is 3.33. The van der Waals surface area contributed by atoms with E-state index in [9.17, 15) is 5.11 Å². The van der Waals surface area contributed by atoms with Crippen LogP contribution in [-0.2, 0) is 12.8 Å². The maximum absolute atomic E-state index is 9.89. The van der Waals surface area contributed by atoms with Gasteiger partial charge in [0, 0.05) is 12.6 Å². The minimum Gasteiger partial charge on any atom is -0.473 e. The van der Waals surface area contributed by atoms with Crippen molar-refractivity contribution in [3.63, 3.8) is 0 Å². The quantitative estimate of drug-likeness (QED) is 0.832. The Bertz CT molecular complexity index is 522. The summed E-state index contributed by atoms with van der Waals surface area (Å²) in [4.78, 5) is 0. The number of hydrogen-bond acceptors (Lipinski definition) is 6. The number of nitrogens with zero attached hydrogens (tertiary/aromatic N) is 2. The van der Waals surface area contributed by atoms with Crippen LogP contribution >= 0.6 is 11.7 Å². The van der Waals surface area contributed by atoms with Crippen LogP contribution in [0, 0.1) is 0 Å². The molecule has 3 rings (SSSR count). The lowest BCUT2D eigenvalue weighted by Gasteiger charge is -2.16. The first-order valence-corrected chi connectivity index (χ1v) is 7.43. The average molecular weight is 291 g/mol. The maximum Gasteiger partial charge on any atom is 0.245 e. The van der Waals surface area contributed by atoms with E-state index < -0.39 is 6.10 Å². The first kappa shape index (κ1) is 13.5. The van der Waals surface area contributed by atoms with Gasteiger partial charge in [0.15, 0.2) is 0 Å². The number of nitrogens with one attached hydrogen (secondary N) is 1. The SMILES string of the molecule is OC(CNC1Cc2ccccc2C1)COc1cnsn1. The Morgan fingerprint density at radius 3 is 2.75 bits per heavy atom. The molecule has 1 aliphatic carbocycles. The number of aliphatic hydroxyl groups is 1. The van der Waals surface area contributed by atoms with E-state index in [1.54, 1.807) is 6.20 Å². The van der Waals surface area contributed by atoms with Crippen LogP contribution in [0.15, 0.2) is 30.5 Å². The van der Waals surface area contributed by atoms with Crippen molar-refractivity contribution in [1.29, 1.82) is 0 Å². The van der Waals surface area contributed by atoms with Crippen LogP contribution in [0.3, 0.4) is 0 Å². The molecule has 0 radical (unpaired) electrons. The number of benzene rings is 1. The van der Waals surface area contributed by atoms with Crippen molar-refractivity contribution in [2.75, 3.05) is 13.2 Å². The molecule has 1 aliphatic rings. The molecule has 1 unspecified atom stereocenters. The Morgan fingerprint density at radius 2 is 2.10 bits per heavy atom. The van der Waals surface area contributed by atoms with Crippen molar-refractivity contribution in [2.45, 2.75) is 25.0 Å². The fraction of sp³-hybridized carbons (Fsp3) is 0.429. The third-order valence-electron chi connectivity index (χ3n) is 3.46. The lowest BCUT2D eigenvalue weighted by molar-refractivity contribution is 0.102. The van der Waals surface area contributed by atoms with Gasteiger partial charge in [0.1, 0.15) is 18.9 Å². The second-order valence-electron chi connectivity index (χ2n) is 4.99. The Kier molecular flexibility index (Phi) is 4.25. The number of aliphatic hydroxyl groups excluding tert-OH is 1. The fourth-order valence-corrected chi connectivity index (χ4v) is 2.83. The molecule has 0 fully saturated rings. The highest BCUT2D eigenvalue weighted by molar-refractivity contribution is 6.99. The van der Waals surface area contributed by atoms with Gasteiger partial charge < -0.3 is 15.2 Å². The number of aromatic nitrogens is 2. The van der Waals surface area contributed by atoms with Crippen molar-refractivity contribution in [3.8, 4) is 5.88 Å². The van der Waals surface area contributed by atoms with E-state index in [1.165, 1.54) is 11.1 Å². The number of hydrogen-bond donors (Lipinski definition) is 2. The van der Waals surface area contributed by atoms with Crippen molar-refractivity contribution >= 4 is 11.7 Å². The Labute approximate surface area is 121 Å². The smallest absolute Gasteiger partial charge is 0.245 e. The molecule has 0 saturated heterocycles. The first-order valence-electron chi connectivity index (χ1n) is 6.70. The number of fused-ring (bicyclic) bond motifs is 1. The lowest BCUT2D eigenvalue weighted by atomic mass is 10.1. The van der Waals surface area contributed by atoms with Gasteiger partial charge in [0.2, 0.25) is 5.88 Å². The van der Waals surface area contributed by atoms with Crippen molar-refractivity contribution in [2.24, 2.45) is 0 Å². The summed E-state index contributed by atoms with van der Waals surface area (Å²) in [6.45, 7) is 0.758. The molecule has 0 amide bonds. The normalized spacial score (nSPS) is 16.1. The summed E-state index contributed by atoms with van der Waals surface area (Å²) in [5.74, 6) is 0.474. The van der Waals surface area contributed by atoms with E-state index in [2.05, 4.69) is 38.3 Å². The van der Waals surface area contributed by atoms with Gasteiger partial charge >= 0.3 is 0 Å². The minimum absolute atomic E-state index is 0.234. The molecule has 1 aromatic carbocycles. The topological polar surface area (TPSA) is 67.3 Å². The van der Waals surface area contributed by atoms with Crippen LogP contribution in [-0.4, -0.2) is 39.2 Å². The van der Waals surface area contributed by atoms with E-state index in [0.29, 0.717) is 18.5 Å². The lowest BCUT2D eigenvalue weighted by Crippen LogP contribution is -2.38. The van der Waals surface area contributed by atoms with Gasteiger partial charge in [-0.3, -0.25) is 0 Å². The van der Waals surface area contributed by atoms with Crippen LogP contribution in [0.5, 0.6) is 5.88 Å². The monoisotopic (exact) mass is 291 g/mol. The van der Waals surface area contributed by atoms with E-state index in [0.717, 1.165) is 24.6 Å². The Hall–Kier alpha value is -1.50. The van der Waals surface area contributed by atoms with E-state index in [1.807, 2.05) is 0 Å². The highest BCUT2D eigenvalue weighted by Gasteiger charge is 2.21. The molecular weight excluding hydrogens is 274 g/mol. The minimum atomic E-state index is -0.541. The average Bonchev–Trinajstić information content (AvgIpc) is 3.11. The molecule has 0 aliphatic heterocycles. The summed E-state index contributed by atoms with van der Waals surface area (Å²) < 4.78 is 13.1. The zero-order valence-electron chi connectivity index (χ0n) is 11.0. The summed E-state index contributed by atoms with van der Waals surface area (Å²) >= 11 is 1.10.